The average molecular weight is 349 g/mol. The predicted molar refractivity (Wildman–Crippen MR) is 94.0 cm³/mol. The molecule has 1 atom stereocenters. The van der Waals surface area contributed by atoms with E-state index in [4.69, 9.17) is 14.6 Å². The van der Waals surface area contributed by atoms with E-state index in [0.29, 0.717) is 37.6 Å². The van der Waals surface area contributed by atoms with Crippen LogP contribution in [0.2, 0.25) is 0 Å². The maximum Gasteiger partial charge on any atom is 0.308 e. The van der Waals surface area contributed by atoms with E-state index in [9.17, 15) is 9.59 Å². The van der Waals surface area contributed by atoms with Gasteiger partial charge in [-0.1, -0.05) is 25.8 Å². The number of unbranched alkanes of at least 4 members (excludes halogenated alkanes) is 2. The van der Waals surface area contributed by atoms with Crippen LogP contribution >= 0.6 is 0 Å². The summed E-state index contributed by atoms with van der Waals surface area (Å²) >= 11 is 0. The van der Waals surface area contributed by atoms with Gasteiger partial charge in [-0.2, -0.15) is 0 Å². The van der Waals surface area contributed by atoms with Crippen LogP contribution in [0.4, 0.5) is 0 Å². The molecule has 0 bridgehead atoms. The number of amides is 1. The second-order valence-corrected chi connectivity index (χ2v) is 6.37. The van der Waals surface area contributed by atoms with Gasteiger partial charge in [0.1, 0.15) is 0 Å². The Balaban J connectivity index is 1.93. The van der Waals surface area contributed by atoms with Crippen LogP contribution in [0.15, 0.2) is 18.2 Å². The zero-order valence-electron chi connectivity index (χ0n) is 15.0. The lowest BCUT2D eigenvalue weighted by Crippen LogP contribution is -2.28. The molecule has 0 aliphatic carbocycles. The number of hydrogen-bond donors (Lipinski definition) is 1. The first kappa shape index (κ1) is 19.1. The highest BCUT2D eigenvalue weighted by Crippen LogP contribution is 2.29. The zero-order chi connectivity index (χ0) is 18.2. The van der Waals surface area contributed by atoms with Gasteiger partial charge in [0.15, 0.2) is 11.5 Å². The number of methoxy groups -OCH3 is 1. The van der Waals surface area contributed by atoms with Crippen molar-refractivity contribution in [3.05, 3.63) is 23.8 Å². The van der Waals surface area contributed by atoms with Gasteiger partial charge < -0.3 is 19.5 Å². The Hall–Kier alpha value is -2.24. The van der Waals surface area contributed by atoms with E-state index in [-0.39, 0.29) is 12.3 Å². The molecule has 138 valence electrons. The van der Waals surface area contributed by atoms with Crippen LogP contribution in [-0.2, 0) is 16.0 Å². The molecule has 1 fully saturated rings. The number of ether oxygens (including phenoxy) is 2. The summed E-state index contributed by atoms with van der Waals surface area (Å²) in [4.78, 5) is 24.5. The molecule has 6 heteroatoms. The van der Waals surface area contributed by atoms with Gasteiger partial charge in [0.25, 0.3) is 0 Å². The van der Waals surface area contributed by atoms with E-state index < -0.39 is 11.9 Å². The van der Waals surface area contributed by atoms with E-state index in [0.717, 1.165) is 24.8 Å². The van der Waals surface area contributed by atoms with Gasteiger partial charge in [0.2, 0.25) is 5.91 Å². The monoisotopic (exact) mass is 349 g/mol. The molecule has 1 saturated heterocycles. The molecule has 25 heavy (non-hydrogen) atoms. The Morgan fingerprint density at radius 2 is 2.12 bits per heavy atom. The number of aliphatic carboxylic acids is 1. The van der Waals surface area contributed by atoms with Crippen LogP contribution in [0.25, 0.3) is 0 Å². The Kier molecular flexibility index (Phi) is 7.10. The molecule has 0 radical (unpaired) electrons. The van der Waals surface area contributed by atoms with E-state index in [1.807, 2.05) is 18.2 Å². The van der Waals surface area contributed by atoms with Crippen LogP contribution < -0.4 is 9.47 Å². The first-order valence-corrected chi connectivity index (χ1v) is 8.85. The third-order valence-electron chi connectivity index (χ3n) is 4.47. The standard InChI is InChI=1S/C19H27NO5/c1-3-4-5-10-25-17-11-14(6-7-16(17)24-2)8-9-20-13-15(19(22)23)12-18(20)21/h6-7,11,15H,3-5,8-10,12-13H2,1-2H3,(H,22,23). The van der Waals surface area contributed by atoms with Gasteiger partial charge in [-0.3, -0.25) is 9.59 Å². The first-order chi connectivity index (χ1) is 12.0. The molecule has 1 N–H and O–H groups in total. The average Bonchev–Trinajstić information content (AvgIpc) is 2.98. The summed E-state index contributed by atoms with van der Waals surface area (Å²) in [5.74, 6) is -0.156. The molecule has 1 aliphatic rings. The molecule has 1 aromatic rings. The van der Waals surface area contributed by atoms with E-state index in [1.54, 1.807) is 12.0 Å². The van der Waals surface area contributed by atoms with Crippen LogP contribution in [-0.4, -0.2) is 48.7 Å². The number of likely N-dealkylation sites (tertiary alicyclic amines) is 1. The third-order valence-corrected chi connectivity index (χ3v) is 4.47. The number of hydrogen-bond acceptors (Lipinski definition) is 4. The van der Waals surface area contributed by atoms with E-state index in [2.05, 4.69) is 6.92 Å². The Morgan fingerprint density at radius 1 is 1.32 bits per heavy atom. The molecule has 1 aromatic carbocycles. The summed E-state index contributed by atoms with van der Waals surface area (Å²) in [5, 5.41) is 9.04. The fourth-order valence-corrected chi connectivity index (χ4v) is 2.94. The predicted octanol–water partition coefficient (Wildman–Crippen LogP) is 2.74. The van der Waals surface area contributed by atoms with Crippen molar-refractivity contribution in [3.63, 3.8) is 0 Å². The fraction of sp³-hybridized carbons (Fsp3) is 0.579. The van der Waals surface area contributed by atoms with Crippen molar-refractivity contribution in [3.8, 4) is 11.5 Å². The lowest BCUT2D eigenvalue weighted by molar-refractivity contribution is -0.141. The molecule has 1 unspecified atom stereocenters. The lowest BCUT2D eigenvalue weighted by atomic mass is 10.1. The minimum Gasteiger partial charge on any atom is -0.493 e. The minimum atomic E-state index is -0.900. The molecule has 0 aromatic heterocycles. The van der Waals surface area contributed by atoms with Crippen molar-refractivity contribution in [2.45, 2.75) is 39.0 Å². The summed E-state index contributed by atoms with van der Waals surface area (Å²) in [6.45, 7) is 3.61. The number of carbonyl (C=O) groups excluding carboxylic acids is 1. The number of carboxylic acids is 1. The Labute approximate surface area is 148 Å². The van der Waals surface area contributed by atoms with Gasteiger partial charge in [-0.05, 0) is 30.5 Å². The van der Waals surface area contributed by atoms with Gasteiger partial charge in [0, 0.05) is 19.5 Å². The topological polar surface area (TPSA) is 76.1 Å². The van der Waals surface area contributed by atoms with E-state index >= 15 is 0 Å². The van der Waals surface area contributed by atoms with E-state index in [1.165, 1.54) is 0 Å². The van der Waals surface area contributed by atoms with Gasteiger partial charge in [-0.15, -0.1) is 0 Å². The van der Waals surface area contributed by atoms with Gasteiger partial charge in [0.05, 0.1) is 19.6 Å². The second-order valence-electron chi connectivity index (χ2n) is 6.37. The highest BCUT2D eigenvalue weighted by atomic mass is 16.5. The summed E-state index contributed by atoms with van der Waals surface area (Å²) in [6.07, 6.45) is 4.03. The SMILES string of the molecule is CCCCCOc1cc(CCN2CC(C(=O)O)CC2=O)ccc1OC. The van der Waals surface area contributed by atoms with Crippen LogP contribution in [0.3, 0.4) is 0 Å². The molecule has 1 aliphatic heterocycles. The summed E-state index contributed by atoms with van der Waals surface area (Å²) < 4.78 is 11.2. The van der Waals surface area contributed by atoms with Crippen molar-refractivity contribution in [1.29, 1.82) is 0 Å². The molecule has 6 nitrogen and oxygen atoms in total. The first-order valence-electron chi connectivity index (χ1n) is 8.85. The van der Waals surface area contributed by atoms with Crippen molar-refractivity contribution in [2.24, 2.45) is 5.92 Å². The minimum absolute atomic E-state index is 0.0862. The normalized spacial score (nSPS) is 17.0. The smallest absolute Gasteiger partial charge is 0.308 e. The van der Waals surface area contributed by atoms with Gasteiger partial charge >= 0.3 is 5.97 Å². The quantitative estimate of drug-likeness (QED) is 0.657. The number of rotatable bonds is 10. The molecule has 1 amide bonds. The Morgan fingerprint density at radius 3 is 2.76 bits per heavy atom. The maximum absolute atomic E-state index is 11.9. The van der Waals surface area contributed by atoms with Gasteiger partial charge in [-0.25, -0.2) is 0 Å². The van der Waals surface area contributed by atoms with Crippen molar-refractivity contribution in [1.82, 2.24) is 4.90 Å². The third kappa shape index (κ3) is 5.37. The molecule has 1 heterocycles. The zero-order valence-corrected chi connectivity index (χ0v) is 15.0. The van der Waals surface area contributed by atoms with Crippen LogP contribution in [0, 0.1) is 5.92 Å². The van der Waals surface area contributed by atoms with Crippen LogP contribution in [0.1, 0.15) is 38.2 Å². The highest BCUT2D eigenvalue weighted by Gasteiger charge is 2.33. The second kappa shape index (κ2) is 9.30. The Bertz CT molecular complexity index is 601. The summed E-state index contributed by atoms with van der Waals surface area (Å²) in [6, 6.07) is 5.77. The number of carbonyl (C=O) groups is 2. The number of carboxylic acid groups (broad SMARTS) is 1. The van der Waals surface area contributed by atoms with Crippen molar-refractivity contribution >= 4 is 11.9 Å². The summed E-state index contributed by atoms with van der Waals surface area (Å²) in [5.41, 5.74) is 1.04. The molecular formula is C19H27NO5. The fourth-order valence-electron chi connectivity index (χ4n) is 2.94. The highest BCUT2D eigenvalue weighted by molar-refractivity contribution is 5.86. The largest absolute Gasteiger partial charge is 0.493 e. The molecular weight excluding hydrogens is 322 g/mol. The number of nitrogens with zero attached hydrogens (tertiary/aromatic N) is 1. The molecule has 2 rings (SSSR count). The molecule has 0 spiro atoms. The number of benzene rings is 1. The van der Waals surface area contributed by atoms with Crippen molar-refractivity contribution in [2.75, 3.05) is 26.8 Å². The van der Waals surface area contributed by atoms with Crippen molar-refractivity contribution < 1.29 is 24.2 Å². The van der Waals surface area contributed by atoms with Crippen LogP contribution in [0.5, 0.6) is 11.5 Å². The molecule has 0 saturated carbocycles. The maximum atomic E-state index is 11.9. The summed E-state index contributed by atoms with van der Waals surface area (Å²) in [7, 11) is 1.61. The lowest BCUT2D eigenvalue weighted by Gasteiger charge is -2.17.